The Labute approximate surface area is 110 Å². The topological polar surface area (TPSA) is 69.2 Å². The van der Waals surface area contributed by atoms with Crippen molar-refractivity contribution in [1.82, 2.24) is 14.5 Å². The lowest BCUT2D eigenvalue weighted by molar-refractivity contribution is 0.425. The predicted molar refractivity (Wildman–Crippen MR) is 70.9 cm³/mol. The van der Waals surface area contributed by atoms with E-state index in [1.807, 2.05) is 19.1 Å². The summed E-state index contributed by atoms with van der Waals surface area (Å²) in [6.07, 6.45) is 1.61. The molecule has 19 heavy (non-hydrogen) atoms. The lowest BCUT2D eigenvalue weighted by atomic mass is 10.2. The van der Waals surface area contributed by atoms with Crippen molar-refractivity contribution >= 4 is 0 Å². The van der Waals surface area contributed by atoms with Gasteiger partial charge in [0, 0.05) is 32.4 Å². The van der Waals surface area contributed by atoms with Crippen LogP contribution in [0, 0.1) is 0 Å². The van der Waals surface area contributed by atoms with Crippen LogP contribution >= 0.6 is 0 Å². The lowest BCUT2D eigenvalue weighted by Crippen LogP contribution is -2.39. The Morgan fingerprint density at radius 1 is 1.32 bits per heavy atom. The highest BCUT2D eigenvalue weighted by Crippen LogP contribution is 2.12. The Morgan fingerprint density at radius 3 is 2.68 bits per heavy atom. The Morgan fingerprint density at radius 2 is 2.05 bits per heavy atom. The van der Waals surface area contributed by atoms with Gasteiger partial charge in [-0.1, -0.05) is 0 Å². The molecule has 1 N–H and O–H groups in total. The van der Waals surface area contributed by atoms with E-state index < -0.39 is 0 Å². The van der Waals surface area contributed by atoms with Crippen LogP contribution in [0.15, 0.2) is 38.5 Å². The maximum atomic E-state index is 11.8. The van der Waals surface area contributed by atoms with E-state index >= 15 is 0 Å². The van der Waals surface area contributed by atoms with Crippen molar-refractivity contribution in [2.24, 2.45) is 14.1 Å². The molecule has 0 aliphatic rings. The Kier molecular flexibility index (Phi) is 3.71. The first kappa shape index (κ1) is 13.4. The third-order valence-electron chi connectivity index (χ3n) is 3.18. The van der Waals surface area contributed by atoms with Crippen LogP contribution in [-0.4, -0.2) is 9.13 Å². The second-order valence-corrected chi connectivity index (χ2v) is 4.49. The molecule has 0 radical (unpaired) electrons. The molecule has 0 fully saturated rings. The molecule has 0 aliphatic heterocycles. The van der Waals surface area contributed by atoms with E-state index in [4.69, 9.17) is 4.42 Å². The van der Waals surface area contributed by atoms with Gasteiger partial charge >= 0.3 is 5.69 Å². The van der Waals surface area contributed by atoms with Gasteiger partial charge in [0.25, 0.3) is 5.56 Å². The molecule has 0 aromatic carbocycles. The minimum Gasteiger partial charge on any atom is -0.468 e. The van der Waals surface area contributed by atoms with Gasteiger partial charge in [-0.3, -0.25) is 13.9 Å². The van der Waals surface area contributed by atoms with Crippen LogP contribution in [0.2, 0.25) is 0 Å². The van der Waals surface area contributed by atoms with E-state index in [1.165, 1.54) is 17.7 Å². The molecule has 0 aliphatic carbocycles. The molecule has 0 bridgehead atoms. The first-order valence-electron chi connectivity index (χ1n) is 6.03. The molecule has 0 saturated carbocycles. The van der Waals surface area contributed by atoms with Gasteiger partial charge in [0.1, 0.15) is 5.76 Å². The summed E-state index contributed by atoms with van der Waals surface area (Å²) in [4.78, 5) is 23.4. The average molecular weight is 263 g/mol. The number of nitrogens with one attached hydrogen (secondary N) is 1. The van der Waals surface area contributed by atoms with Crippen LogP contribution in [0.3, 0.4) is 0 Å². The maximum Gasteiger partial charge on any atom is 0.330 e. The quantitative estimate of drug-likeness (QED) is 0.873. The predicted octanol–water partition coefficient (Wildman–Crippen LogP) is 0.528. The minimum absolute atomic E-state index is 0.00848. The van der Waals surface area contributed by atoms with E-state index in [1.54, 1.807) is 13.3 Å². The summed E-state index contributed by atoms with van der Waals surface area (Å²) >= 11 is 0. The average Bonchev–Trinajstić information content (AvgIpc) is 2.92. The molecule has 0 saturated heterocycles. The fraction of sp³-hybridized carbons (Fsp3) is 0.385. The van der Waals surface area contributed by atoms with E-state index in [0.29, 0.717) is 12.2 Å². The zero-order chi connectivity index (χ0) is 14.0. The molecule has 0 spiro atoms. The van der Waals surface area contributed by atoms with Crippen LogP contribution in [-0.2, 0) is 20.6 Å². The monoisotopic (exact) mass is 263 g/mol. The molecule has 6 nitrogen and oxygen atoms in total. The van der Waals surface area contributed by atoms with E-state index in [9.17, 15) is 9.59 Å². The van der Waals surface area contributed by atoms with Gasteiger partial charge in [-0.2, -0.15) is 0 Å². The molecule has 0 amide bonds. The number of nitrogens with zero attached hydrogens (tertiary/aromatic N) is 2. The number of hydrogen-bond acceptors (Lipinski definition) is 4. The van der Waals surface area contributed by atoms with Gasteiger partial charge in [0.05, 0.1) is 12.3 Å². The third-order valence-corrected chi connectivity index (χ3v) is 3.18. The van der Waals surface area contributed by atoms with Crippen molar-refractivity contribution in [3.05, 3.63) is 56.8 Å². The normalized spacial score (nSPS) is 12.6. The number of rotatable bonds is 4. The molecule has 102 valence electrons. The second-order valence-electron chi connectivity index (χ2n) is 4.49. The molecule has 2 heterocycles. The first-order chi connectivity index (χ1) is 9.00. The molecular weight excluding hydrogens is 246 g/mol. The fourth-order valence-electron chi connectivity index (χ4n) is 1.84. The van der Waals surface area contributed by atoms with Gasteiger partial charge in [0.2, 0.25) is 0 Å². The number of hydrogen-bond donors (Lipinski definition) is 1. The van der Waals surface area contributed by atoms with Crippen LogP contribution in [0.25, 0.3) is 0 Å². The maximum absolute atomic E-state index is 11.8. The summed E-state index contributed by atoms with van der Waals surface area (Å²) in [5.41, 5.74) is 0.0204. The largest absolute Gasteiger partial charge is 0.468 e. The van der Waals surface area contributed by atoms with Crippen LogP contribution < -0.4 is 16.6 Å². The van der Waals surface area contributed by atoms with Crippen molar-refractivity contribution in [3.63, 3.8) is 0 Å². The highest BCUT2D eigenvalue weighted by atomic mass is 16.3. The summed E-state index contributed by atoms with van der Waals surface area (Å²) in [5, 5.41) is 3.21. The van der Waals surface area contributed by atoms with Gasteiger partial charge in [0.15, 0.2) is 0 Å². The summed E-state index contributed by atoms with van der Waals surface area (Å²) in [6.45, 7) is 2.38. The zero-order valence-corrected chi connectivity index (χ0v) is 11.2. The van der Waals surface area contributed by atoms with Crippen molar-refractivity contribution < 1.29 is 4.42 Å². The Hall–Kier alpha value is -2.08. The van der Waals surface area contributed by atoms with Crippen molar-refractivity contribution in [1.29, 1.82) is 0 Å². The van der Waals surface area contributed by atoms with E-state index in [2.05, 4.69) is 5.32 Å². The molecule has 1 atom stereocenters. The highest BCUT2D eigenvalue weighted by Gasteiger charge is 2.10. The van der Waals surface area contributed by atoms with Crippen LogP contribution in [0.1, 0.15) is 24.4 Å². The molecule has 2 rings (SSSR count). The first-order valence-corrected chi connectivity index (χ1v) is 6.03. The smallest absolute Gasteiger partial charge is 0.330 e. The zero-order valence-electron chi connectivity index (χ0n) is 11.2. The Bertz CT molecular complexity index is 667. The summed E-state index contributed by atoms with van der Waals surface area (Å²) in [5.74, 6) is 0.814. The van der Waals surface area contributed by atoms with Crippen molar-refractivity contribution in [3.8, 4) is 0 Å². The molecule has 2 aromatic heterocycles. The number of furan rings is 1. The van der Waals surface area contributed by atoms with Gasteiger partial charge in [-0.15, -0.1) is 0 Å². The molecule has 6 heteroatoms. The summed E-state index contributed by atoms with van der Waals surface area (Å²) in [7, 11) is 3.11. The molecule has 1 unspecified atom stereocenters. The van der Waals surface area contributed by atoms with Gasteiger partial charge in [-0.25, -0.2) is 4.79 Å². The highest BCUT2D eigenvalue weighted by molar-refractivity contribution is 5.06. The third kappa shape index (κ3) is 2.68. The van der Waals surface area contributed by atoms with Crippen molar-refractivity contribution in [2.45, 2.75) is 19.5 Å². The molecule has 2 aromatic rings. The standard InChI is InChI=1S/C13H17N3O3/c1-9(11-5-4-6-19-11)14-8-10-7-12(17)16(3)13(18)15(10)2/h4-7,9,14H,8H2,1-3H3. The molecular formula is C13H17N3O3. The summed E-state index contributed by atoms with van der Waals surface area (Å²) < 4.78 is 7.83. The van der Waals surface area contributed by atoms with E-state index in [0.717, 1.165) is 10.3 Å². The Balaban J connectivity index is 2.17. The summed E-state index contributed by atoms with van der Waals surface area (Å²) in [6, 6.07) is 5.17. The van der Waals surface area contributed by atoms with Gasteiger partial charge in [-0.05, 0) is 19.1 Å². The number of aromatic nitrogens is 2. The second kappa shape index (κ2) is 5.27. The van der Waals surface area contributed by atoms with Crippen LogP contribution in [0.4, 0.5) is 0 Å². The van der Waals surface area contributed by atoms with Crippen LogP contribution in [0.5, 0.6) is 0 Å². The van der Waals surface area contributed by atoms with Crippen molar-refractivity contribution in [2.75, 3.05) is 0 Å². The SMILES string of the molecule is CC(NCc1cc(=O)n(C)c(=O)n1C)c1ccco1. The lowest BCUT2D eigenvalue weighted by Gasteiger charge is -2.14. The fourth-order valence-corrected chi connectivity index (χ4v) is 1.84. The minimum atomic E-state index is -0.324. The van der Waals surface area contributed by atoms with E-state index in [-0.39, 0.29) is 17.3 Å². The van der Waals surface area contributed by atoms with Gasteiger partial charge < -0.3 is 9.73 Å².